The average Bonchev–Trinajstić information content (AvgIpc) is 2.56. The zero-order valence-corrected chi connectivity index (χ0v) is 12.2. The van der Waals surface area contributed by atoms with Gasteiger partial charge in [0.05, 0.1) is 6.61 Å². The van der Waals surface area contributed by atoms with E-state index in [0.29, 0.717) is 6.04 Å². The van der Waals surface area contributed by atoms with Crippen LogP contribution in [0.2, 0.25) is 0 Å². The third-order valence-electron chi connectivity index (χ3n) is 4.07. The molecule has 0 spiro atoms. The predicted octanol–water partition coefficient (Wildman–Crippen LogP) is 2.33. The monoisotopic (exact) mass is 282 g/mol. The summed E-state index contributed by atoms with van der Waals surface area (Å²) in [6.45, 7) is 4.24. The van der Waals surface area contributed by atoms with E-state index in [4.69, 9.17) is 5.11 Å². The highest BCUT2D eigenvalue weighted by molar-refractivity contribution is 5.25. The maximum absolute atomic E-state index is 9.12. The average molecular weight is 282 g/mol. The Kier molecular flexibility index (Phi) is 4.65. The predicted molar refractivity (Wildman–Crippen MR) is 84.8 cm³/mol. The first-order chi connectivity index (χ1) is 10.3. The Labute approximate surface area is 126 Å². The Balaban J connectivity index is 1.64. The molecule has 0 saturated carbocycles. The molecule has 21 heavy (non-hydrogen) atoms. The van der Waals surface area contributed by atoms with Gasteiger partial charge in [-0.15, -0.1) is 0 Å². The van der Waals surface area contributed by atoms with E-state index >= 15 is 0 Å². The maximum Gasteiger partial charge on any atom is 0.0681 e. The van der Waals surface area contributed by atoms with Crippen molar-refractivity contribution >= 4 is 0 Å². The molecule has 0 aromatic heterocycles. The van der Waals surface area contributed by atoms with E-state index in [9.17, 15) is 0 Å². The van der Waals surface area contributed by atoms with Gasteiger partial charge in [0.1, 0.15) is 0 Å². The van der Waals surface area contributed by atoms with Crippen LogP contribution in [0.1, 0.15) is 22.7 Å². The topological polar surface area (TPSA) is 35.5 Å². The summed E-state index contributed by atoms with van der Waals surface area (Å²) in [6.07, 6.45) is 0. The zero-order valence-electron chi connectivity index (χ0n) is 12.2. The first-order valence-corrected chi connectivity index (χ1v) is 7.54. The van der Waals surface area contributed by atoms with Gasteiger partial charge in [0.2, 0.25) is 0 Å². The molecule has 0 amide bonds. The largest absolute Gasteiger partial charge is 0.392 e. The van der Waals surface area contributed by atoms with Gasteiger partial charge in [-0.3, -0.25) is 4.90 Å². The fourth-order valence-corrected chi connectivity index (χ4v) is 2.87. The molecule has 1 saturated heterocycles. The number of nitrogens with zero attached hydrogens (tertiary/aromatic N) is 1. The molecule has 1 atom stereocenters. The van der Waals surface area contributed by atoms with Gasteiger partial charge >= 0.3 is 0 Å². The lowest BCUT2D eigenvalue weighted by atomic mass is 10.0. The van der Waals surface area contributed by atoms with Crippen molar-refractivity contribution in [3.63, 3.8) is 0 Å². The molecule has 0 bridgehead atoms. The number of nitrogens with one attached hydrogen (secondary N) is 1. The minimum Gasteiger partial charge on any atom is -0.392 e. The molecule has 1 unspecified atom stereocenters. The normalized spacial score (nSPS) is 19.6. The van der Waals surface area contributed by atoms with Gasteiger partial charge in [0.25, 0.3) is 0 Å². The highest BCUT2D eigenvalue weighted by Crippen LogP contribution is 2.19. The third kappa shape index (κ3) is 3.70. The summed E-state index contributed by atoms with van der Waals surface area (Å²) >= 11 is 0. The first-order valence-electron chi connectivity index (χ1n) is 7.54. The molecular formula is C18H22N2O. The summed E-state index contributed by atoms with van der Waals surface area (Å²) in [5.41, 5.74) is 3.63. The fraction of sp³-hybridized carbons (Fsp3) is 0.333. The molecule has 2 N–H and O–H groups in total. The van der Waals surface area contributed by atoms with E-state index in [1.165, 1.54) is 11.1 Å². The molecule has 1 heterocycles. The molecular weight excluding hydrogens is 260 g/mol. The Hall–Kier alpha value is -1.68. The SMILES string of the molecule is OCc1ccc(C2CN(Cc3ccccc3)CCN2)cc1. The van der Waals surface area contributed by atoms with Crippen LogP contribution in [0, 0.1) is 0 Å². The summed E-state index contributed by atoms with van der Waals surface area (Å²) in [4.78, 5) is 2.50. The molecule has 1 fully saturated rings. The Morgan fingerprint density at radius 1 is 1.00 bits per heavy atom. The van der Waals surface area contributed by atoms with Gasteiger partial charge in [-0.1, -0.05) is 54.6 Å². The van der Waals surface area contributed by atoms with Crippen LogP contribution in [0.5, 0.6) is 0 Å². The number of aliphatic hydroxyl groups is 1. The number of rotatable bonds is 4. The van der Waals surface area contributed by atoms with E-state index in [1.54, 1.807) is 0 Å². The van der Waals surface area contributed by atoms with Crippen molar-refractivity contribution in [1.29, 1.82) is 0 Å². The lowest BCUT2D eigenvalue weighted by Crippen LogP contribution is -2.45. The van der Waals surface area contributed by atoms with Crippen molar-refractivity contribution in [2.75, 3.05) is 19.6 Å². The molecule has 110 valence electrons. The van der Waals surface area contributed by atoms with Crippen LogP contribution in [-0.4, -0.2) is 29.6 Å². The summed E-state index contributed by atoms with van der Waals surface area (Å²) in [5.74, 6) is 0. The Morgan fingerprint density at radius 3 is 2.48 bits per heavy atom. The van der Waals surface area contributed by atoms with Crippen LogP contribution < -0.4 is 5.32 Å². The second-order valence-corrected chi connectivity index (χ2v) is 5.63. The lowest BCUT2D eigenvalue weighted by molar-refractivity contribution is 0.193. The number of hydrogen-bond acceptors (Lipinski definition) is 3. The van der Waals surface area contributed by atoms with Crippen LogP contribution in [-0.2, 0) is 13.2 Å². The molecule has 1 aliphatic heterocycles. The number of hydrogen-bond donors (Lipinski definition) is 2. The van der Waals surface area contributed by atoms with Crippen LogP contribution in [0.4, 0.5) is 0 Å². The van der Waals surface area contributed by atoms with E-state index in [0.717, 1.165) is 31.7 Å². The van der Waals surface area contributed by atoms with Crippen LogP contribution in [0.15, 0.2) is 54.6 Å². The minimum absolute atomic E-state index is 0.110. The molecule has 1 aliphatic rings. The molecule has 3 nitrogen and oxygen atoms in total. The van der Waals surface area contributed by atoms with Crippen LogP contribution >= 0.6 is 0 Å². The van der Waals surface area contributed by atoms with Crippen LogP contribution in [0.25, 0.3) is 0 Å². The van der Waals surface area contributed by atoms with Crippen molar-refractivity contribution in [3.05, 3.63) is 71.3 Å². The first kappa shape index (κ1) is 14.3. The highest BCUT2D eigenvalue weighted by atomic mass is 16.3. The zero-order chi connectivity index (χ0) is 14.5. The van der Waals surface area contributed by atoms with Crippen molar-refractivity contribution in [3.8, 4) is 0 Å². The summed E-state index contributed by atoms with van der Waals surface area (Å²) in [5, 5.41) is 12.7. The third-order valence-corrected chi connectivity index (χ3v) is 4.07. The van der Waals surface area contributed by atoms with E-state index in [-0.39, 0.29) is 6.61 Å². The van der Waals surface area contributed by atoms with Gasteiger partial charge in [-0.25, -0.2) is 0 Å². The van der Waals surface area contributed by atoms with Crippen molar-refractivity contribution in [2.24, 2.45) is 0 Å². The smallest absolute Gasteiger partial charge is 0.0681 e. The van der Waals surface area contributed by atoms with Crippen molar-refractivity contribution in [2.45, 2.75) is 19.2 Å². The molecule has 2 aromatic carbocycles. The maximum atomic E-state index is 9.12. The number of piperazine rings is 1. The fourth-order valence-electron chi connectivity index (χ4n) is 2.87. The number of aliphatic hydroxyl groups excluding tert-OH is 1. The van der Waals surface area contributed by atoms with E-state index in [2.05, 4.69) is 52.7 Å². The molecule has 3 heteroatoms. The second kappa shape index (κ2) is 6.85. The number of benzene rings is 2. The molecule has 0 aliphatic carbocycles. The lowest BCUT2D eigenvalue weighted by Gasteiger charge is -2.34. The quantitative estimate of drug-likeness (QED) is 0.903. The van der Waals surface area contributed by atoms with Gasteiger partial charge in [0, 0.05) is 32.2 Å². The van der Waals surface area contributed by atoms with E-state index < -0.39 is 0 Å². The Morgan fingerprint density at radius 2 is 1.76 bits per heavy atom. The molecule has 0 radical (unpaired) electrons. The Bertz CT molecular complexity index is 553. The van der Waals surface area contributed by atoms with Gasteiger partial charge in [0.15, 0.2) is 0 Å². The summed E-state index contributed by atoms with van der Waals surface area (Å²) < 4.78 is 0. The van der Waals surface area contributed by atoms with Gasteiger partial charge < -0.3 is 10.4 Å². The van der Waals surface area contributed by atoms with Gasteiger partial charge in [-0.2, -0.15) is 0 Å². The van der Waals surface area contributed by atoms with Crippen molar-refractivity contribution < 1.29 is 5.11 Å². The molecule has 2 aromatic rings. The molecule has 3 rings (SSSR count). The highest BCUT2D eigenvalue weighted by Gasteiger charge is 2.20. The van der Waals surface area contributed by atoms with E-state index in [1.807, 2.05) is 12.1 Å². The minimum atomic E-state index is 0.110. The second-order valence-electron chi connectivity index (χ2n) is 5.63. The van der Waals surface area contributed by atoms with Crippen LogP contribution in [0.3, 0.4) is 0 Å². The van der Waals surface area contributed by atoms with Gasteiger partial charge in [-0.05, 0) is 16.7 Å². The summed E-state index contributed by atoms with van der Waals surface area (Å²) in [7, 11) is 0. The standard InChI is InChI=1S/C18H22N2O/c21-14-16-6-8-17(9-7-16)18-13-20(11-10-19-18)12-15-4-2-1-3-5-15/h1-9,18-19,21H,10-14H2. The van der Waals surface area contributed by atoms with Crippen molar-refractivity contribution in [1.82, 2.24) is 10.2 Å². The summed E-state index contributed by atoms with van der Waals surface area (Å²) in [6, 6.07) is 19.3.